The summed E-state index contributed by atoms with van der Waals surface area (Å²) in [6.07, 6.45) is -0.763. The number of nitrogens with one attached hydrogen (secondary N) is 1. The van der Waals surface area contributed by atoms with Crippen molar-refractivity contribution in [1.29, 1.82) is 5.26 Å². The SMILES string of the molecule is CC(C)C(=O)OCOP(=O)(CS(=O)(=O)C[C@H]1O[C@@H](n2ccc3c(NC4CCCC4)c(C#N)c(Cl)nc32)[C@H](O)[C@@H]1O)OCOC(=O)C(C)C. The lowest BCUT2D eigenvalue weighted by Crippen LogP contribution is -2.36. The molecule has 3 N–H and O–H groups in total. The average molecular weight is 735 g/mol. The van der Waals surface area contributed by atoms with E-state index >= 15 is 0 Å². The summed E-state index contributed by atoms with van der Waals surface area (Å²) in [6, 6.07) is 3.85. The molecule has 1 aliphatic carbocycles. The summed E-state index contributed by atoms with van der Waals surface area (Å²) in [5.41, 5.74) is -0.420. The lowest BCUT2D eigenvalue weighted by molar-refractivity contribution is -0.156. The molecule has 0 radical (unpaired) electrons. The van der Waals surface area contributed by atoms with Gasteiger partial charge in [0.1, 0.15) is 35.6 Å². The van der Waals surface area contributed by atoms with Crippen LogP contribution in [0.15, 0.2) is 12.3 Å². The molecule has 19 heteroatoms. The Kier molecular flexibility index (Phi) is 12.5. The first kappa shape index (κ1) is 38.0. The monoisotopic (exact) mass is 734 g/mol. The molecule has 0 amide bonds. The van der Waals surface area contributed by atoms with Gasteiger partial charge in [-0.1, -0.05) is 52.1 Å². The maximum absolute atomic E-state index is 13.5. The van der Waals surface area contributed by atoms with E-state index in [9.17, 15) is 38.0 Å². The molecule has 2 fully saturated rings. The van der Waals surface area contributed by atoms with Gasteiger partial charge >= 0.3 is 19.5 Å². The number of hydrogen-bond acceptors (Lipinski definition) is 15. The number of aromatic nitrogens is 2. The molecule has 266 valence electrons. The molecular formula is C29H40ClN4O12PS. The number of halogens is 1. The molecule has 16 nitrogen and oxygen atoms in total. The number of pyridine rings is 1. The fraction of sp³-hybridized carbons (Fsp3) is 0.655. The van der Waals surface area contributed by atoms with Crippen LogP contribution in [-0.4, -0.2) is 89.3 Å². The van der Waals surface area contributed by atoms with Gasteiger partial charge in [0.2, 0.25) is 13.6 Å². The zero-order chi connectivity index (χ0) is 35.4. The highest BCUT2D eigenvalue weighted by Gasteiger charge is 2.47. The molecule has 1 saturated carbocycles. The van der Waals surface area contributed by atoms with Crippen molar-refractivity contribution in [2.45, 2.75) is 84.0 Å². The number of esters is 2. The second-order valence-electron chi connectivity index (χ2n) is 12.3. The highest BCUT2D eigenvalue weighted by atomic mass is 35.5. The van der Waals surface area contributed by atoms with E-state index in [1.165, 1.54) is 10.8 Å². The number of rotatable bonds is 15. The highest BCUT2D eigenvalue weighted by molar-refractivity contribution is 7.97. The Balaban J connectivity index is 1.52. The van der Waals surface area contributed by atoms with Gasteiger partial charge in [0, 0.05) is 17.6 Å². The van der Waals surface area contributed by atoms with E-state index in [4.69, 9.17) is 34.9 Å². The predicted molar refractivity (Wildman–Crippen MR) is 171 cm³/mol. The van der Waals surface area contributed by atoms with E-state index in [1.807, 2.05) is 0 Å². The van der Waals surface area contributed by atoms with Crippen LogP contribution in [0.5, 0.6) is 0 Å². The van der Waals surface area contributed by atoms with Crippen molar-refractivity contribution in [3.05, 3.63) is 23.0 Å². The number of sulfone groups is 1. The number of carbonyl (C=O) groups is 2. The first-order chi connectivity index (χ1) is 22.6. The number of anilines is 1. The molecular weight excluding hydrogens is 695 g/mol. The second-order valence-corrected chi connectivity index (χ2v) is 17.2. The summed E-state index contributed by atoms with van der Waals surface area (Å²) in [6.45, 7) is 4.35. The highest BCUT2D eigenvalue weighted by Crippen LogP contribution is 2.50. The zero-order valence-electron chi connectivity index (χ0n) is 26.9. The van der Waals surface area contributed by atoms with Crippen molar-refractivity contribution < 1.29 is 56.0 Å². The molecule has 1 saturated heterocycles. The number of ether oxygens (including phenoxy) is 3. The standard InChI is InChI=1S/C29H40ClN4O12PS/c1-16(2)28(37)42-13-44-47(39,45-14-43-29(38)17(3)4)15-48(40,41)12-21-23(35)24(36)27(46-21)34-10-9-19-22(32-18-7-5-6-8-18)20(11-31)25(30)33-26(19)34/h9-10,16-18,21,23-24,27,35-36H,5-8,12-15H2,1-4H3,(H,32,33)/t21-,23-,24-,27-/m1/s1. The Labute approximate surface area is 283 Å². The predicted octanol–water partition coefficient (Wildman–Crippen LogP) is 3.45. The molecule has 2 aromatic rings. The molecule has 4 rings (SSSR count). The number of aliphatic hydroxyl groups excluding tert-OH is 2. The van der Waals surface area contributed by atoms with Crippen molar-refractivity contribution in [2.24, 2.45) is 11.8 Å². The minimum atomic E-state index is -4.64. The first-order valence-corrected chi connectivity index (χ1v) is 19.3. The van der Waals surface area contributed by atoms with Crippen LogP contribution in [0.25, 0.3) is 11.0 Å². The normalized spacial score (nSPS) is 22.0. The third kappa shape index (κ3) is 9.05. The summed E-state index contributed by atoms with van der Waals surface area (Å²) < 4.78 is 67.1. The largest absolute Gasteiger partial charge is 0.438 e. The number of carbonyl (C=O) groups excluding carboxylic acids is 2. The average Bonchev–Trinajstić information content (AvgIpc) is 3.73. The molecule has 2 aromatic heterocycles. The topological polar surface area (TPSA) is 226 Å². The smallest absolute Gasteiger partial charge is 0.351 e. The lowest BCUT2D eigenvalue weighted by atomic mass is 10.1. The minimum Gasteiger partial charge on any atom is -0.438 e. The molecule has 1 aliphatic heterocycles. The Morgan fingerprint density at radius 2 is 1.71 bits per heavy atom. The maximum Gasteiger partial charge on any atom is 0.351 e. The molecule has 4 atom stereocenters. The van der Waals surface area contributed by atoms with Crippen molar-refractivity contribution in [2.75, 3.05) is 30.1 Å². The van der Waals surface area contributed by atoms with Gasteiger partial charge in [-0.05, 0) is 18.9 Å². The lowest BCUT2D eigenvalue weighted by Gasteiger charge is -2.21. The number of aliphatic hydroxyl groups is 2. The van der Waals surface area contributed by atoms with Gasteiger partial charge in [0.15, 0.2) is 26.7 Å². The van der Waals surface area contributed by atoms with Gasteiger partial charge in [-0.25, -0.2) is 13.4 Å². The summed E-state index contributed by atoms with van der Waals surface area (Å²) in [7, 11) is -9.10. The second kappa shape index (κ2) is 15.8. The van der Waals surface area contributed by atoms with Crippen LogP contribution >= 0.6 is 19.2 Å². The summed E-state index contributed by atoms with van der Waals surface area (Å²) in [4.78, 5) is 28.0. The fourth-order valence-corrected chi connectivity index (χ4v) is 9.72. The Morgan fingerprint density at radius 3 is 2.25 bits per heavy atom. The van der Waals surface area contributed by atoms with Gasteiger partial charge < -0.3 is 34.3 Å². The van der Waals surface area contributed by atoms with Crippen LogP contribution in [-0.2, 0) is 47.2 Å². The number of nitrogens with zero attached hydrogens (tertiary/aromatic N) is 3. The van der Waals surface area contributed by atoms with E-state index in [0.717, 1.165) is 25.7 Å². The van der Waals surface area contributed by atoms with E-state index < -0.39 is 90.6 Å². The number of hydrogen-bond donors (Lipinski definition) is 3. The van der Waals surface area contributed by atoms with Crippen LogP contribution in [0.1, 0.15) is 65.2 Å². The zero-order valence-corrected chi connectivity index (χ0v) is 29.4. The van der Waals surface area contributed by atoms with Crippen LogP contribution in [0, 0.1) is 23.2 Å². The number of nitriles is 1. The minimum absolute atomic E-state index is 0.0912. The molecule has 0 bridgehead atoms. The Bertz CT molecular complexity index is 1660. The molecule has 0 aromatic carbocycles. The van der Waals surface area contributed by atoms with Crippen molar-refractivity contribution in [3.8, 4) is 6.07 Å². The van der Waals surface area contributed by atoms with Gasteiger partial charge in [0.25, 0.3) is 0 Å². The third-order valence-electron chi connectivity index (χ3n) is 7.86. The first-order valence-electron chi connectivity index (χ1n) is 15.4. The van der Waals surface area contributed by atoms with Crippen LogP contribution in [0.3, 0.4) is 0 Å². The van der Waals surface area contributed by atoms with Crippen LogP contribution in [0.4, 0.5) is 5.69 Å². The van der Waals surface area contributed by atoms with Crippen molar-refractivity contribution in [3.63, 3.8) is 0 Å². The van der Waals surface area contributed by atoms with Crippen molar-refractivity contribution >= 4 is 57.7 Å². The number of fused-ring (bicyclic) bond motifs is 1. The van der Waals surface area contributed by atoms with Crippen molar-refractivity contribution in [1.82, 2.24) is 9.55 Å². The van der Waals surface area contributed by atoms with Gasteiger partial charge in [-0.15, -0.1) is 0 Å². The van der Waals surface area contributed by atoms with E-state index in [1.54, 1.807) is 33.8 Å². The van der Waals surface area contributed by atoms with E-state index in [2.05, 4.69) is 16.4 Å². The van der Waals surface area contributed by atoms with E-state index in [-0.39, 0.29) is 22.4 Å². The Hall–Kier alpha value is -2.81. The van der Waals surface area contributed by atoms with Crippen LogP contribution in [0.2, 0.25) is 5.15 Å². The van der Waals surface area contributed by atoms with Gasteiger partial charge in [-0.2, -0.15) is 5.26 Å². The van der Waals surface area contributed by atoms with Gasteiger partial charge in [-0.3, -0.25) is 23.2 Å². The Morgan fingerprint density at radius 1 is 1.12 bits per heavy atom. The van der Waals surface area contributed by atoms with Crippen LogP contribution < -0.4 is 5.32 Å². The molecule has 0 spiro atoms. The fourth-order valence-electron chi connectivity index (χ4n) is 5.29. The summed E-state index contributed by atoms with van der Waals surface area (Å²) in [5, 5.41) is 35.4. The molecule has 2 aliphatic rings. The maximum atomic E-state index is 13.5. The molecule has 48 heavy (non-hydrogen) atoms. The molecule has 3 heterocycles. The van der Waals surface area contributed by atoms with Gasteiger partial charge in [0.05, 0.1) is 23.3 Å². The third-order valence-corrected chi connectivity index (χ3v) is 12.8. The summed E-state index contributed by atoms with van der Waals surface area (Å²) >= 11 is 6.39. The summed E-state index contributed by atoms with van der Waals surface area (Å²) in [5.74, 6) is -3.47. The van der Waals surface area contributed by atoms with E-state index in [0.29, 0.717) is 11.1 Å². The molecule has 0 unspecified atom stereocenters. The quantitative estimate of drug-likeness (QED) is 0.103.